The summed E-state index contributed by atoms with van der Waals surface area (Å²) >= 11 is 0. The second-order valence-electron chi connectivity index (χ2n) is 3.55. The molecule has 0 saturated heterocycles. The van der Waals surface area contributed by atoms with E-state index in [-0.39, 0.29) is 0 Å². The third-order valence-electron chi connectivity index (χ3n) is 2.14. The van der Waals surface area contributed by atoms with Gasteiger partial charge in [0.1, 0.15) is 5.78 Å². The fourth-order valence-corrected chi connectivity index (χ4v) is 0.949. The SMILES string of the molecule is CCC(=O)Cc1ccccc1.CCCC. The standard InChI is InChI=1S/C10H12O.C4H10/c1-2-10(11)8-9-6-4-3-5-7-9;1-3-4-2/h3-7H,2,8H2,1H3;3-4H2,1-2H3. The molecule has 0 fully saturated rings. The van der Waals surface area contributed by atoms with Crippen molar-refractivity contribution in [3.8, 4) is 0 Å². The quantitative estimate of drug-likeness (QED) is 0.727. The third-order valence-corrected chi connectivity index (χ3v) is 2.14. The van der Waals surface area contributed by atoms with E-state index in [0.29, 0.717) is 18.6 Å². The molecule has 0 bridgehead atoms. The lowest BCUT2D eigenvalue weighted by Gasteiger charge is -1.96. The van der Waals surface area contributed by atoms with Gasteiger partial charge in [-0.05, 0) is 5.56 Å². The molecule has 0 radical (unpaired) electrons. The molecular weight excluding hydrogens is 184 g/mol. The molecule has 1 nitrogen and oxygen atoms in total. The largest absolute Gasteiger partial charge is 0.299 e. The van der Waals surface area contributed by atoms with Crippen LogP contribution in [0.1, 0.15) is 45.6 Å². The molecule has 0 atom stereocenters. The lowest BCUT2D eigenvalue weighted by atomic mass is 10.1. The minimum Gasteiger partial charge on any atom is -0.299 e. The van der Waals surface area contributed by atoms with E-state index in [9.17, 15) is 4.79 Å². The first-order valence-corrected chi connectivity index (χ1v) is 5.80. The van der Waals surface area contributed by atoms with Crippen LogP contribution < -0.4 is 0 Å². The second-order valence-corrected chi connectivity index (χ2v) is 3.55. The fourth-order valence-electron chi connectivity index (χ4n) is 0.949. The van der Waals surface area contributed by atoms with Gasteiger partial charge in [-0.25, -0.2) is 0 Å². The van der Waals surface area contributed by atoms with Crippen LogP contribution in [0.25, 0.3) is 0 Å². The minimum absolute atomic E-state index is 0.302. The van der Waals surface area contributed by atoms with E-state index in [2.05, 4.69) is 13.8 Å². The van der Waals surface area contributed by atoms with Crippen molar-refractivity contribution in [3.05, 3.63) is 35.9 Å². The van der Waals surface area contributed by atoms with Crippen LogP contribution in [0.4, 0.5) is 0 Å². The van der Waals surface area contributed by atoms with E-state index in [1.807, 2.05) is 37.3 Å². The summed E-state index contributed by atoms with van der Waals surface area (Å²) in [6.07, 6.45) is 3.85. The van der Waals surface area contributed by atoms with E-state index in [0.717, 1.165) is 5.56 Å². The molecule has 84 valence electrons. The topological polar surface area (TPSA) is 17.1 Å². The maximum atomic E-state index is 11.0. The molecule has 0 aliphatic heterocycles. The van der Waals surface area contributed by atoms with Crippen LogP contribution in [0.15, 0.2) is 30.3 Å². The normalized spacial score (nSPS) is 9.00. The van der Waals surface area contributed by atoms with Crippen molar-refractivity contribution in [2.45, 2.75) is 46.5 Å². The van der Waals surface area contributed by atoms with Gasteiger partial charge < -0.3 is 0 Å². The molecule has 1 aromatic rings. The molecule has 0 aromatic heterocycles. The molecule has 0 N–H and O–H groups in total. The van der Waals surface area contributed by atoms with Crippen molar-refractivity contribution in [1.29, 1.82) is 0 Å². The van der Waals surface area contributed by atoms with Gasteiger partial charge >= 0.3 is 0 Å². The van der Waals surface area contributed by atoms with Crippen molar-refractivity contribution in [2.24, 2.45) is 0 Å². The summed E-state index contributed by atoms with van der Waals surface area (Å²) in [5, 5.41) is 0. The van der Waals surface area contributed by atoms with Gasteiger partial charge in [-0.15, -0.1) is 0 Å². The Kier molecular flexibility index (Phi) is 8.75. The maximum Gasteiger partial charge on any atom is 0.136 e. The van der Waals surface area contributed by atoms with E-state index >= 15 is 0 Å². The number of unbranched alkanes of at least 4 members (excludes halogenated alkanes) is 1. The monoisotopic (exact) mass is 206 g/mol. The molecule has 0 heterocycles. The number of carbonyl (C=O) groups is 1. The van der Waals surface area contributed by atoms with E-state index < -0.39 is 0 Å². The minimum atomic E-state index is 0.302. The third kappa shape index (κ3) is 7.92. The van der Waals surface area contributed by atoms with Gasteiger partial charge in [-0.1, -0.05) is 63.9 Å². The average molecular weight is 206 g/mol. The van der Waals surface area contributed by atoms with E-state index in [1.54, 1.807) is 0 Å². The first-order valence-electron chi connectivity index (χ1n) is 5.80. The number of rotatable bonds is 4. The van der Waals surface area contributed by atoms with Gasteiger partial charge in [0.25, 0.3) is 0 Å². The first-order chi connectivity index (χ1) is 7.24. The van der Waals surface area contributed by atoms with Gasteiger partial charge in [-0.2, -0.15) is 0 Å². The van der Waals surface area contributed by atoms with Crippen molar-refractivity contribution < 1.29 is 4.79 Å². The molecule has 0 spiro atoms. The summed E-state index contributed by atoms with van der Waals surface area (Å²) in [7, 11) is 0. The zero-order valence-corrected chi connectivity index (χ0v) is 10.1. The highest BCUT2D eigenvalue weighted by atomic mass is 16.1. The summed E-state index contributed by atoms with van der Waals surface area (Å²) in [4.78, 5) is 11.0. The van der Waals surface area contributed by atoms with Crippen LogP contribution in [0.3, 0.4) is 0 Å². The number of carbonyl (C=O) groups excluding carboxylic acids is 1. The van der Waals surface area contributed by atoms with Crippen LogP contribution in [0.5, 0.6) is 0 Å². The Bertz CT molecular complexity index is 249. The van der Waals surface area contributed by atoms with Crippen molar-refractivity contribution >= 4 is 5.78 Å². The van der Waals surface area contributed by atoms with Gasteiger partial charge in [0.05, 0.1) is 0 Å². The van der Waals surface area contributed by atoms with Crippen LogP contribution in [-0.4, -0.2) is 5.78 Å². The summed E-state index contributed by atoms with van der Waals surface area (Å²) in [5.74, 6) is 0.302. The Labute approximate surface area is 93.5 Å². The number of hydrogen-bond acceptors (Lipinski definition) is 1. The first kappa shape index (κ1) is 13.9. The fraction of sp³-hybridized carbons (Fsp3) is 0.500. The molecule has 1 rings (SSSR count). The van der Waals surface area contributed by atoms with Gasteiger partial charge in [0.15, 0.2) is 0 Å². The highest BCUT2D eigenvalue weighted by Crippen LogP contribution is 2.00. The maximum absolute atomic E-state index is 11.0. The van der Waals surface area contributed by atoms with Crippen LogP contribution in [-0.2, 0) is 11.2 Å². The molecule has 0 aliphatic rings. The molecule has 1 aromatic carbocycles. The molecular formula is C14H22O. The Morgan fingerprint density at radius 3 is 1.93 bits per heavy atom. The van der Waals surface area contributed by atoms with Crippen molar-refractivity contribution in [2.75, 3.05) is 0 Å². The van der Waals surface area contributed by atoms with Crippen LogP contribution in [0.2, 0.25) is 0 Å². The van der Waals surface area contributed by atoms with Gasteiger partial charge in [0, 0.05) is 12.8 Å². The van der Waals surface area contributed by atoms with Crippen LogP contribution in [0, 0.1) is 0 Å². The molecule has 15 heavy (non-hydrogen) atoms. The zero-order chi connectivity index (χ0) is 11.5. The molecule has 0 aliphatic carbocycles. The molecule has 0 saturated carbocycles. The predicted molar refractivity (Wildman–Crippen MR) is 66.0 cm³/mol. The number of benzene rings is 1. The summed E-state index contributed by atoms with van der Waals surface area (Å²) in [6, 6.07) is 9.83. The lowest BCUT2D eigenvalue weighted by molar-refractivity contribution is -0.118. The molecule has 0 amide bonds. The lowest BCUT2D eigenvalue weighted by Crippen LogP contribution is -1.99. The summed E-state index contributed by atoms with van der Waals surface area (Å²) in [6.45, 7) is 6.26. The Morgan fingerprint density at radius 1 is 1.00 bits per heavy atom. The Balaban J connectivity index is 0.000000423. The Hall–Kier alpha value is -1.11. The van der Waals surface area contributed by atoms with Crippen LogP contribution >= 0.6 is 0 Å². The molecule has 1 heteroatoms. The summed E-state index contributed by atoms with van der Waals surface area (Å²) in [5.41, 5.74) is 1.11. The smallest absolute Gasteiger partial charge is 0.136 e. The summed E-state index contributed by atoms with van der Waals surface area (Å²) < 4.78 is 0. The van der Waals surface area contributed by atoms with E-state index in [1.165, 1.54) is 12.8 Å². The predicted octanol–water partition coefficient (Wildman–Crippen LogP) is 4.01. The number of Topliss-reactive ketones (excluding diaryl/α,β-unsaturated/α-hetero) is 1. The van der Waals surface area contributed by atoms with Crippen molar-refractivity contribution in [3.63, 3.8) is 0 Å². The number of ketones is 1. The zero-order valence-electron chi connectivity index (χ0n) is 10.1. The number of hydrogen-bond donors (Lipinski definition) is 0. The van der Waals surface area contributed by atoms with Gasteiger partial charge in [0.2, 0.25) is 0 Å². The highest BCUT2D eigenvalue weighted by molar-refractivity contribution is 5.80. The molecule has 0 unspecified atom stereocenters. The second kappa shape index (κ2) is 9.45. The average Bonchev–Trinajstić information content (AvgIpc) is 2.30. The Morgan fingerprint density at radius 2 is 1.53 bits per heavy atom. The van der Waals surface area contributed by atoms with Crippen molar-refractivity contribution in [1.82, 2.24) is 0 Å². The van der Waals surface area contributed by atoms with E-state index in [4.69, 9.17) is 0 Å². The van der Waals surface area contributed by atoms with Gasteiger partial charge in [-0.3, -0.25) is 4.79 Å². The highest BCUT2D eigenvalue weighted by Gasteiger charge is 1.98.